The first kappa shape index (κ1) is 29.2. The van der Waals surface area contributed by atoms with Crippen molar-refractivity contribution in [2.45, 2.75) is 114 Å². The lowest BCUT2D eigenvalue weighted by atomic mass is 9.72. The number of hydrogen-bond acceptors (Lipinski definition) is 7. The molecule has 2 fully saturated rings. The number of carboxylic acids is 1. The predicted molar refractivity (Wildman–Crippen MR) is 145 cm³/mol. The van der Waals surface area contributed by atoms with Crippen LogP contribution in [0.4, 0.5) is 0 Å². The zero-order valence-electron chi connectivity index (χ0n) is 22.7. The molecule has 3 aliphatic carbocycles. The standard InChI is InChI=1S/C27H41N7O5/c28-33-30-17-20-7-1-3-8-22(20)24-27(26(36)37,16-19-6-2-4-9-23(19)32-34-29)31-25(39-24)18-10-12-21(13-11-18)38-15-5-14-35/h18-19,21,23-24,35H,1-17H2,(H,36,37)/t18?,19?,21?,23?,24-,27-/m0/s1. The first-order chi connectivity index (χ1) is 19.0. The lowest BCUT2D eigenvalue weighted by molar-refractivity contribution is -0.146. The van der Waals surface area contributed by atoms with Gasteiger partial charge in [0.1, 0.15) is 0 Å². The van der Waals surface area contributed by atoms with Gasteiger partial charge in [-0.25, -0.2) is 9.79 Å². The van der Waals surface area contributed by atoms with E-state index < -0.39 is 17.6 Å². The van der Waals surface area contributed by atoms with E-state index in [1.807, 2.05) is 0 Å². The number of carbonyl (C=O) groups is 1. The molecule has 0 aromatic carbocycles. The van der Waals surface area contributed by atoms with Crippen molar-refractivity contribution in [3.63, 3.8) is 0 Å². The molecule has 0 saturated heterocycles. The Balaban J connectivity index is 1.65. The molecule has 1 aliphatic heterocycles. The largest absolute Gasteiger partial charge is 0.479 e. The van der Waals surface area contributed by atoms with Gasteiger partial charge < -0.3 is 19.7 Å². The molecule has 2 saturated carbocycles. The minimum absolute atomic E-state index is 0.00969. The first-order valence-electron chi connectivity index (χ1n) is 14.5. The van der Waals surface area contributed by atoms with Gasteiger partial charge in [0.25, 0.3) is 0 Å². The van der Waals surface area contributed by atoms with E-state index in [-0.39, 0.29) is 43.6 Å². The highest BCUT2D eigenvalue weighted by molar-refractivity contribution is 5.91. The third-order valence-electron chi connectivity index (χ3n) is 8.94. The summed E-state index contributed by atoms with van der Waals surface area (Å²) in [4.78, 5) is 24.2. The Morgan fingerprint density at radius 2 is 1.85 bits per heavy atom. The maximum atomic E-state index is 13.2. The Morgan fingerprint density at radius 3 is 2.56 bits per heavy atom. The molecule has 214 valence electrons. The molecule has 39 heavy (non-hydrogen) atoms. The SMILES string of the molecule is [N-]=[N+]=NCC1=C([C@@H]2OC(C3CCC(OCCCO)CC3)=N[C@]2(CC2CCCCC2N=[N+]=[N-])C(=O)O)CCCC1. The molecule has 4 atom stereocenters. The summed E-state index contributed by atoms with van der Waals surface area (Å²) in [6.07, 6.45) is 10.2. The Bertz CT molecular complexity index is 1030. The van der Waals surface area contributed by atoms with Crippen molar-refractivity contribution in [2.75, 3.05) is 19.8 Å². The van der Waals surface area contributed by atoms with Gasteiger partial charge in [-0.15, -0.1) is 0 Å². The number of aliphatic hydroxyl groups is 1. The minimum atomic E-state index is -1.51. The molecule has 2 unspecified atom stereocenters. The Hall–Kier alpha value is -2.78. The van der Waals surface area contributed by atoms with Gasteiger partial charge in [0, 0.05) is 41.5 Å². The predicted octanol–water partition coefficient (Wildman–Crippen LogP) is 6.01. The molecule has 0 bridgehead atoms. The molecular weight excluding hydrogens is 502 g/mol. The number of nitrogens with zero attached hydrogens (tertiary/aromatic N) is 7. The number of aliphatic imine (C=N–C) groups is 1. The van der Waals surface area contributed by atoms with Crippen molar-refractivity contribution < 1.29 is 24.5 Å². The third-order valence-corrected chi connectivity index (χ3v) is 8.94. The fourth-order valence-corrected chi connectivity index (χ4v) is 6.89. The summed E-state index contributed by atoms with van der Waals surface area (Å²) >= 11 is 0. The molecule has 0 amide bonds. The summed E-state index contributed by atoms with van der Waals surface area (Å²) in [5.74, 6) is -0.598. The number of ether oxygens (including phenoxy) is 2. The Kier molecular flexibility index (Phi) is 10.5. The second-order valence-corrected chi connectivity index (χ2v) is 11.3. The van der Waals surface area contributed by atoms with Crippen LogP contribution in [0, 0.1) is 11.8 Å². The highest BCUT2D eigenvalue weighted by Crippen LogP contribution is 2.46. The van der Waals surface area contributed by atoms with Gasteiger partial charge in [-0.2, -0.15) is 0 Å². The first-order valence-corrected chi connectivity index (χ1v) is 14.5. The second kappa shape index (κ2) is 14.0. The lowest BCUT2D eigenvalue weighted by Gasteiger charge is -2.37. The van der Waals surface area contributed by atoms with Crippen LogP contribution in [0.3, 0.4) is 0 Å². The fraction of sp³-hybridized carbons (Fsp3) is 0.852. The molecule has 0 aromatic heterocycles. The van der Waals surface area contributed by atoms with Crippen LogP contribution in [0.25, 0.3) is 20.9 Å². The maximum absolute atomic E-state index is 13.2. The molecule has 1 heterocycles. The third kappa shape index (κ3) is 6.87. The van der Waals surface area contributed by atoms with Crippen LogP contribution in [-0.2, 0) is 14.3 Å². The molecule has 0 radical (unpaired) electrons. The van der Waals surface area contributed by atoms with Crippen LogP contribution in [0.2, 0.25) is 0 Å². The van der Waals surface area contributed by atoms with E-state index in [1.165, 1.54) is 0 Å². The molecule has 2 N–H and O–H groups in total. The Morgan fingerprint density at radius 1 is 1.08 bits per heavy atom. The molecule has 0 spiro atoms. The summed E-state index contributed by atoms with van der Waals surface area (Å²) in [6, 6.07) is -0.255. The summed E-state index contributed by atoms with van der Waals surface area (Å²) in [5, 5.41) is 27.7. The van der Waals surface area contributed by atoms with E-state index in [4.69, 9.17) is 30.6 Å². The monoisotopic (exact) mass is 543 g/mol. The highest BCUT2D eigenvalue weighted by atomic mass is 16.5. The second-order valence-electron chi connectivity index (χ2n) is 11.3. The van der Waals surface area contributed by atoms with Gasteiger partial charge in [0.05, 0.1) is 6.10 Å². The highest BCUT2D eigenvalue weighted by Gasteiger charge is 2.57. The zero-order valence-corrected chi connectivity index (χ0v) is 22.7. The molecule has 4 rings (SSSR count). The van der Waals surface area contributed by atoms with Crippen LogP contribution >= 0.6 is 0 Å². The summed E-state index contributed by atoms with van der Waals surface area (Å²) in [5.41, 5.74) is 18.5. The van der Waals surface area contributed by atoms with Crippen molar-refractivity contribution >= 4 is 11.9 Å². The van der Waals surface area contributed by atoms with E-state index in [1.54, 1.807) is 0 Å². The van der Waals surface area contributed by atoms with Gasteiger partial charge in [-0.3, -0.25) is 0 Å². The van der Waals surface area contributed by atoms with Crippen molar-refractivity contribution in [1.82, 2.24) is 0 Å². The van der Waals surface area contributed by atoms with Gasteiger partial charge in [0.15, 0.2) is 12.0 Å². The van der Waals surface area contributed by atoms with Gasteiger partial charge in [-0.1, -0.05) is 28.6 Å². The average Bonchev–Trinajstić information content (AvgIpc) is 3.34. The number of aliphatic hydroxyl groups excluding tert-OH is 1. The van der Waals surface area contributed by atoms with Gasteiger partial charge >= 0.3 is 5.97 Å². The van der Waals surface area contributed by atoms with E-state index in [0.29, 0.717) is 25.3 Å². The normalized spacial score (nSPS) is 32.9. The van der Waals surface area contributed by atoms with E-state index in [0.717, 1.165) is 81.8 Å². The summed E-state index contributed by atoms with van der Waals surface area (Å²) in [7, 11) is 0. The number of rotatable bonds is 12. The fourth-order valence-electron chi connectivity index (χ4n) is 6.89. The van der Waals surface area contributed by atoms with Gasteiger partial charge in [0.2, 0.25) is 5.54 Å². The van der Waals surface area contributed by atoms with Crippen LogP contribution in [0.5, 0.6) is 0 Å². The number of aliphatic carboxylic acids is 1. The molecular formula is C27H41N7O5. The van der Waals surface area contributed by atoms with Crippen molar-refractivity contribution in [2.24, 2.45) is 27.1 Å². The molecule has 12 nitrogen and oxygen atoms in total. The number of azide groups is 2. The zero-order chi connectivity index (χ0) is 27.7. The summed E-state index contributed by atoms with van der Waals surface area (Å²) in [6.45, 7) is 0.846. The molecule has 4 aliphatic rings. The van der Waals surface area contributed by atoms with Crippen molar-refractivity contribution in [1.29, 1.82) is 0 Å². The topological polar surface area (TPSA) is 186 Å². The van der Waals surface area contributed by atoms with E-state index in [2.05, 4.69) is 20.1 Å². The molecule has 0 aromatic rings. The van der Waals surface area contributed by atoms with Crippen LogP contribution in [-0.4, -0.2) is 65.6 Å². The van der Waals surface area contributed by atoms with Crippen LogP contribution < -0.4 is 0 Å². The van der Waals surface area contributed by atoms with Crippen molar-refractivity contribution in [3.05, 3.63) is 32.0 Å². The number of hydrogen-bond donors (Lipinski definition) is 2. The number of carboxylic acid groups (broad SMARTS) is 1. The van der Waals surface area contributed by atoms with E-state index in [9.17, 15) is 9.90 Å². The van der Waals surface area contributed by atoms with Crippen LogP contribution in [0.1, 0.15) is 89.9 Å². The smallest absolute Gasteiger partial charge is 0.336 e. The minimum Gasteiger partial charge on any atom is -0.479 e. The lowest BCUT2D eigenvalue weighted by Crippen LogP contribution is -2.50. The average molecular weight is 544 g/mol. The van der Waals surface area contributed by atoms with Crippen molar-refractivity contribution in [3.8, 4) is 0 Å². The molecule has 12 heteroatoms. The van der Waals surface area contributed by atoms with Crippen LogP contribution in [0.15, 0.2) is 26.4 Å². The summed E-state index contributed by atoms with van der Waals surface area (Å²) < 4.78 is 12.5. The quantitative estimate of drug-likeness (QED) is 0.100. The maximum Gasteiger partial charge on any atom is 0.336 e. The Labute approximate surface area is 229 Å². The van der Waals surface area contributed by atoms with Gasteiger partial charge in [-0.05, 0) is 99.6 Å². The van der Waals surface area contributed by atoms with E-state index >= 15 is 0 Å².